The summed E-state index contributed by atoms with van der Waals surface area (Å²) in [5, 5.41) is 2.61. The van der Waals surface area contributed by atoms with Crippen LogP contribution in [0.2, 0.25) is 0 Å². The Morgan fingerprint density at radius 3 is 2.80 bits per heavy atom. The van der Waals surface area contributed by atoms with Crippen LogP contribution >= 0.6 is 15.9 Å². The molecule has 1 aliphatic heterocycles. The van der Waals surface area contributed by atoms with Crippen LogP contribution in [0.1, 0.15) is 23.7 Å². The van der Waals surface area contributed by atoms with Gasteiger partial charge in [-0.05, 0) is 31.5 Å². The quantitative estimate of drug-likeness (QED) is 0.895. The molecule has 1 unspecified atom stereocenters. The van der Waals surface area contributed by atoms with Gasteiger partial charge in [0.25, 0.3) is 5.91 Å². The fourth-order valence-corrected chi connectivity index (χ4v) is 2.81. The highest BCUT2D eigenvalue weighted by molar-refractivity contribution is 9.10. The van der Waals surface area contributed by atoms with Crippen molar-refractivity contribution >= 4 is 27.7 Å². The first-order valence-corrected chi connectivity index (χ1v) is 7.13. The predicted molar refractivity (Wildman–Crippen MR) is 76.8 cm³/mol. The molecule has 0 aliphatic carbocycles. The molecule has 1 atom stereocenters. The molecule has 108 valence electrons. The van der Waals surface area contributed by atoms with Crippen LogP contribution in [0.5, 0.6) is 0 Å². The Morgan fingerprint density at radius 1 is 1.45 bits per heavy atom. The van der Waals surface area contributed by atoms with Gasteiger partial charge in [-0.25, -0.2) is 4.39 Å². The first-order chi connectivity index (χ1) is 9.37. The highest BCUT2D eigenvalue weighted by atomic mass is 79.9. The molecule has 1 aliphatic rings. The van der Waals surface area contributed by atoms with E-state index in [9.17, 15) is 14.0 Å². The lowest BCUT2D eigenvalue weighted by Gasteiger charge is -2.22. The summed E-state index contributed by atoms with van der Waals surface area (Å²) in [7, 11) is 1.58. The largest absolute Gasteiger partial charge is 0.359 e. The Labute approximate surface area is 125 Å². The number of hydrogen-bond donors (Lipinski definition) is 1. The molecule has 1 fully saturated rings. The molecular weight excluding hydrogens is 327 g/mol. The Hall–Kier alpha value is -1.43. The molecular formula is C14H16BrFN2O2. The Bertz CT molecular complexity index is 564. The van der Waals surface area contributed by atoms with Crippen molar-refractivity contribution in [2.45, 2.75) is 13.3 Å². The third-order valence-corrected chi connectivity index (χ3v) is 4.19. The minimum Gasteiger partial charge on any atom is -0.359 e. The molecule has 1 N–H and O–H groups in total. The third kappa shape index (κ3) is 2.70. The normalized spacial score (nSPS) is 21.9. The van der Waals surface area contributed by atoms with Crippen molar-refractivity contribution in [2.75, 3.05) is 20.1 Å². The average Bonchev–Trinajstić information content (AvgIpc) is 2.83. The lowest BCUT2D eigenvalue weighted by Crippen LogP contribution is -2.40. The summed E-state index contributed by atoms with van der Waals surface area (Å²) in [5.74, 6) is -1.02. The summed E-state index contributed by atoms with van der Waals surface area (Å²) in [5.41, 5.74) is -0.576. The maximum absolute atomic E-state index is 13.7. The van der Waals surface area contributed by atoms with Crippen molar-refractivity contribution in [2.24, 2.45) is 5.41 Å². The van der Waals surface area contributed by atoms with Crippen LogP contribution in [-0.2, 0) is 4.79 Å². The van der Waals surface area contributed by atoms with E-state index in [0.29, 0.717) is 24.0 Å². The van der Waals surface area contributed by atoms with Crippen LogP contribution in [0.15, 0.2) is 22.7 Å². The van der Waals surface area contributed by atoms with Crippen molar-refractivity contribution in [3.05, 3.63) is 34.1 Å². The van der Waals surface area contributed by atoms with E-state index < -0.39 is 11.2 Å². The lowest BCUT2D eigenvalue weighted by atomic mass is 9.89. The molecule has 0 bridgehead atoms. The molecule has 1 saturated heterocycles. The third-order valence-electron chi connectivity index (χ3n) is 3.69. The minimum absolute atomic E-state index is 0.0283. The molecule has 4 nitrogen and oxygen atoms in total. The van der Waals surface area contributed by atoms with Crippen molar-refractivity contribution in [3.8, 4) is 0 Å². The molecule has 2 amide bonds. The number of carbonyl (C=O) groups is 2. The molecule has 1 aromatic rings. The molecule has 6 heteroatoms. The molecule has 0 radical (unpaired) electrons. The van der Waals surface area contributed by atoms with Gasteiger partial charge in [0.1, 0.15) is 5.82 Å². The molecule has 1 aromatic carbocycles. The number of likely N-dealkylation sites (tertiary alicyclic amines) is 1. The van der Waals surface area contributed by atoms with E-state index in [-0.39, 0.29) is 17.4 Å². The van der Waals surface area contributed by atoms with Crippen molar-refractivity contribution < 1.29 is 14.0 Å². The van der Waals surface area contributed by atoms with E-state index in [4.69, 9.17) is 0 Å². The monoisotopic (exact) mass is 342 g/mol. The maximum atomic E-state index is 13.7. The fourth-order valence-electron chi connectivity index (χ4n) is 2.45. The number of carbonyl (C=O) groups excluding carboxylic acids is 2. The summed E-state index contributed by atoms with van der Waals surface area (Å²) in [6, 6.07) is 4.27. The van der Waals surface area contributed by atoms with E-state index in [1.807, 2.05) is 6.92 Å². The fraction of sp³-hybridized carbons (Fsp3) is 0.429. The van der Waals surface area contributed by atoms with Crippen LogP contribution in [0.25, 0.3) is 0 Å². The van der Waals surface area contributed by atoms with Crippen LogP contribution < -0.4 is 5.32 Å². The molecule has 20 heavy (non-hydrogen) atoms. The standard InChI is InChI=1S/C14H16BrFN2O2/c1-14(13(20)17-2)5-6-18(8-14)12(19)10-7-9(15)3-4-11(10)16/h3-4,7H,5-6,8H2,1-2H3,(H,17,20). The second-order valence-corrected chi connectivity index (χ2v) is 6.16. The van der Waals surface area contributed by atoms with Gasteiger partial charge >= 0.3 is 0 Å². The van der Waals surface area contributed by atoms with E-state index in [1.165, 1.54) is 17.0 Å². The SMILES string of the molecule is CNC(=O)C1(C)CCN(C(=O)c2cc(Br)ccc2F)C1. The predicted octanol–water partition coefficient (Wildman–Crippen LogP) is 2.19. The average molecular weight is 343 g/mol. The van der Waals surface area contributed by atoms with Gasteiger partial charge < -0.3 is 10.2 Å². The van der Waals surface area contributed by atoms with Crippen molar-refractivity contribution in [1.82, 2.24) is 10.2 Å². The summed E-state index contributed by atoms with van der Waals surface area (Å²) in [6.45, 7) is 2.57. The van der Waals surface area contributed by atoms with Crippen LogP contribution in [0.3, 0.4) is 0 Å². The second kappa shape index (κ2) is 5.52. The Balaban J connectivity index is 2.20. The van der Waals surface area contributed by atoms with E-state index >= 15 is 0 Å². The van der Waals surface area contributed by atoms with Gasteiger partial charge in [0.15, 0.2) is 0 Å². The minimum atomic E-state index is -0.604. The zero-order valence-electron chi connectivity index (χ0n) is 11.4. The van der Waals surface area contributed by atoms with Gasteiger partial charge in [0.2, 0.25) is 5.91 Å². The van der Waals surface area contributed by atoms with Gasteiger partial charge in [-0.2, -0.15) is 0 Å². The lowest BCUT2D eigenvalue weighted by molar-refractivity contribution is -0.128. The molecule has 0 saturated carbocycles. The van der Waals surface area contributed by atoms with E-state index in [0.717, 1.165) is 0 Å². The number of amides is 2. The summed E-state index contributed by atoms with van der Waals surface area (Å²) < 4.78 is 14.4. The summed E-state index contributed by atoms with van der Waals surface area (Å²) >= 11 is 3.23. The topological polar surface area (TPSA) is 49.4 Å². The smallest absolute Gasteiger partial charge is 0.256 e. The van der Waals surface area contributed by atoms with Crippen LogP contribution in [0, 0.1) is 11.2 Å². The zero-order valence-corrected chi connectivity index (χ0v) is 13.0. The van der Waals surface area contributed by atoms with Gasteiger partial charge in [-0.1, -0.05) is 15.9 Å². The molecule has 0 spiro atoms. The first-order valence-electron chi connectivity index (χ1n) is 6.34. The van der Waals surface area contributed by atoms with Crippen LogP contribution in [0.4, 0.5) is 4.39 Å². The number of halogens is 2. The Kier molecular flexibility index (Phi) is 4.13. The summed E-state index contributed by atoms with van der Waals surface area (Å²) in [6.07, 6.45) is 0.577. The van der Waals surface area contributed by atoms with E-state index in [2.05, 4.69) is 21.2 Å². The van der Waals surface area contributed by atoms with Crippen molar-refractivity contribution in [1.29, 1.82) is 0 Å². The number of nitrogens with one attached hydrogen (secondary N) is 1. The number of hydrogen-bond acceptors (Lipinski definition) is 2. The zero-order chi connectivity index (χ0) is 14.9. The Morgan fingerprint density at radius 2 is 2.15 bits per heavy atom. The van der Waals surface area contributed by atoms with Gasteiger partial charge in [0.05, 0.1) is 11.0 Å². The van der Waals surface area contributed by atoms with Crippen molar-refractivity contribution in [3.63, 3.8) is 0 Å². The molecule has 1 heterocycles. The highest BCUT2D eigenvalue weighted by Crippen LogP contribution is 2.31. The maximum Gasteiger partial charge on any atom is 0.256 e. The molecule has 0 aromatic heterocycles. The number of nitrogens with zero attached hydrogens (tertiary/aromatic N) is 1. The first kappa shape index (κ1) is 15.0. The van der Waals surface area contributed by atoms with Gasteiger partial charge in [-0.3, -0.25) is 9.59 Å². The summed E-state index contributed by atoms with van der Waals surface area (Å²) in [4.78, 5) is 25.7. The number of benzene rings is 1. The highest BCUT2D eigenvalue weighted by Gasteiger charge is 2.41. The van der Waals surface area contributed by atoms with Crippen LogP contribution in [-0.4, -0.2) is 36.9 Å². The van der Waals surface area contributed by atoms with E-state index in [1.54, 1.807) is 13.1 Å². The van der Waals surface area contributed by atoms with Gasteiger partial charge in [-0.15, -0.1) is 0 Å². The molecule has 2 rings (SSSR count). The number of rotatable bonds is 2. The van der Waals surface area contributed by atoms with Gasteiger partial charge in [0, 0.05) is 24.6 Å². The second-order valence-electron chi connectivity index (χ2n) is 5.24.